The third kappa shape index (κ3) is 2.50. The quantitative estimate of drug-likeness (QED) is 0.858. The Morgan fingerprint density at radius 1 is 0.944 bits per heavy atom. The van der Waals surface area contributed by atoms with Gasteiger partial charge in [0.05, 0.1) is 0 Å². The van der Waals surface area contributed by atoms with E-state index in [9.17, 15) is 0 Å². The molecule has 2 aromatic rings. The van der Waals surface area contributed by atoms with Crippen LogP contribution in [0.5, 0.6) is 0 Å². The van der Waals surface area contributed by atoms with Crippen LogP contribution < -0.4 is 10.6 Å². The molecule has 2 N–H and O–H groups in total. The molecule has 1 heterocycles. The molecule has 0 aromatic heterocycles. The zero-order chi connectivity index (χ0) is 12.4. The molecule has 0 spiro atoms. The van der Waals surface area contributed by atoms with Gasteiger partial charge in [-0.1, -0.05) is 17.7 Å². The highest BCUT2D eigenvalue weighted by atomic mass is 35.5. The fourth-order valence-corrected chi connectivity index (χ4v) is 2.38. The van der Waals surface area contributed by atoms with Crippen molar-refractivity contribution in [2.45, 2.75) is 13.0 Å². The molecule has 0 radical (unpaired) electrons. The van der Waals surface area contributed by atoms with Crippen LogP contribution in [0.3, 0.4) is 0 Å². The molecule has 0 unspecified atom stereocenters. The minimum Gasteiger partial charge on any atom is -0.356 e. The maximum atomic E-state index is 5.87. The lowest BCUT2D eigenvalue weighted by Gasteiger charge is -2.18. The summed E-state index contributed by atoms with van der Waals surface area (Å²) in [5, 5.41) is 7.55. The first-order valence-electron chi connectivity index (χ1n) is 6.16. The highest BCUT2D eigenvalue weighted by Gasteiger charge is 2.08. The number of benzene rings is 2. The van der Waals surface area contributed by atoms with Gasteiger partial charge in [0.25, 0.3) is 0 Å². The number of anilines is 2. The second kappa shape index (κ2) is 5.01. The van der Waals surface area contributed by atoms with Gasteiger partial charge in [-0.05, 0) is 60.5 Å². The number of hydrogen-bond acceptors (Lipinski definition) is 2. The summed E-state index contributed by atoms with van der Waals surface area (Å²) < 4.78 is 0. The van der Waals surface area contributed by atoms with Crippen molar-refractivity contribution in [2.24, 2.45) is 0 Å². The molecule has 0 saturated heterocycles. The first-order chi connectivity index (χ1) is 8.81. The molecule has 0 saturated carbocycles. The van der Waals surface area contributed by atoms with Crippen molar-refractivity contribution in [3.63, 3.8) is 0 Å². The summed E-state index contributed by atoms with van der Waals surface area (Å²) in [6.45, 7) is 2.04. The lowest BCUT2D eigenvalue weighted by atomic mass is 10.0. The third-order valence-electron chi connectivity index (χ3n) is 3.23. The van der Waals surface area contributed by atoms with E-state index in [0.29, 0.717) is 0 Å². The Balaban J connectivity index is 1.82. The van der Waals surface area contributed by atoms with E-state index in [4.69, 9.17) is 11.6 Å². The second-order valence-corrected chi connectivity index (χ2v) is 4.98. The minimum atomic E-state index is 0.759. The van der Waals surface area contributed by atoms with Gasteiger partial charge >= 0.3 is 0 Å². The molecule has 3 rings (SSSR count). The Bertz CT molecular complexity index is 549. The summed E-state index contributed by atoms with van der Waals surface area (Å²) in [7, 11) is 0. The molecule has 1 aliphatic heterocycles. The van der Waals surface area contributed by atoms with E-state index in [1.54, 1.807) is 0 Å². The molecule has 2 nitrogen and oxygen atoms in total. The SMILES string of the molecule is Clc1ccc(Nc2ccc3c(c2)CNCC3)cc1. The predicted molar refractivity (Wildman–Crippen MR) is 76.6 cm³/mol. The van der Waals surface area contributed by atoms with Gasteiger partial charge in [-0.2, -0.15) is 0 Å². The fraction of sp³-hybridized carbons (Fsp3) is 0.200. The molecule has 0 atom stereocenters. The van der Waals surface area contributed by atoms with E-state index in [1.807, 2.05) is 24.3 Å². The van der Waals surface area contributed by atoms with E-state index >= 15 is 0 Å². The molecular weight excluding hydrogens is 244 g/mol. The van der Waals surface area contributed by atoms with Gasteiger partial charge in [0.15, 0.2) is 0 Å². The van der Waals surface area contributed by atoms with E-state index < -0.39 is 0 Å². The number of hydrogen-bond donors (Lipinski definition) is 2. The summed E-state index contributed by atoms with van der Waals surface area (Å²) in [5.41, 5.74) is 5.03. The highest BCUT2D eigenvalue weighted by molar-refractivity contribution is 6.30. The van der Waals surface area contributed by atoms with E-state index in [0.717, 1.165) is 35.9 Å². The summed E-state index contributed by atoms with van der Waals surface area (Å²) >= 11 is 5.87. The van der Waals surface area contributed by atoms with Gasteiger partial charge in [-0.3, -0.25) is 0 Å². The first kappa shape index (κ1) is 11.6. The summed E-state index contributed by atoms with van der Waals surface area (Å²) in [4.78, 5) is 0. The fourth-order valence-electron chi connectivity index (χ4n) is 2.26. The molecule has 0 bridgehead atoms. The van der Waals surface area contributed by atoms with Crippen molar-refractivity contribution in [1.82, 2.24) is 5.32 Å². The maximum Gasteiger partial charge on any atom is 0.0407 e. The lowest BCUT2D eigenvalue weighted by Crippen LogP contribution is -2.23. The van der Waals surface area contributed by atoms with Crippen molar-refractivity contribution < 1.29 is 0 Å². The average Bonchev–Trinajstić information content (AvgIpc) is 2.41. The van der Waals surface area contributed by atoms with Gasteiger partial charge < -0.3 is 10.6 Å². The van der Waals surface area contributed by atoms with Crippen molar-refractivity contribution >= 4 is 23.0 Å². The van der Waals surface area contributed by atoms with Gasteiger partial charge in [0.2, 0.25) is 0 Å². The Kier molecular flexibility index (Phi) is 3.22. The minimum absolute atomic E-state index is 0.759. The van der Waals surface area contributed by atoms with Gasteiger partial charge in [-0.25, -0.2) is 0 Å². The summed E-state index contributed by atoms with van der Waals surface area (Å²) in [6, 6.07) is 14.3. The van der Waals surface area contributed by atoms with Crippen LogP contribution in [0.15, 0.2) is 42.5 Å². The largest absolute Gasteiger partial charge is 0.356 e. The molecule has 92 valence electrons. The van der Waals surface area contributed by atoms with Crippen LogP contribution in [-0.4, -0.2) is 6.54 Å². The molecule has 0 aliphatic carbocycles. The normalized spacial score (nSPS) is 14.1. The van der Waals surface area contributed by atoms with E-state index in [1.165, 1.54) is 11.1 Å². The lowest BCUT2D eigenvalue weighted by molar-refractivity contribution is 0.644. The number of rotatable bonds is 2. The maximum absolute atomic E-state index is 5.87. The Labute approximate surface area is 112 Å². The van der Waals surface area contributed by atoms with Crippen molar-refractivity contribution in [3.05, 3.63) is 58.6 Å². The zero-order valence-corrected chi connectivity index (χ0v) is 10.8. The topological polar surface area (TPSA) is 24.1 Å². The predicted octanol–water partition coefficient (Wildman–Crippen LogP) is 3.73. The zero-order valence-electron chi connectivity index (χ0n) is 10.0. The third-order valence-corrected chi connectivity index (χ3v) is 3.48. The van der Waals surface area contributed by atoms with Crippen molar-refractivity contribution in [1.29, 1.82) is 0 Å². The molecule has 0 fully saturated rings. The van der Waals surface area contributed by atoms with Crippen molar-refractivity contribution in [2.75, 3.05) is 11.9 Å². The molecular formula is C15H15ClN2. The Morgan fingerprint density at radius 2 is 1.72 bits per heavy atom. The van der Waals surface area contributed by atoms with Crippen LogP contribution in [0.2, 0.25) is 5.02 Å². The van der Waals surface area contributed by atoms with Gasteiger partial charge in [0, 0.05) is 22.9 Å². The van der Waals surface area contributed by atoms with E-state index in [-0.39, 0.29) is 0 Å². The molecule has 2 aromatic carbocycles. The monoisotopic (exact) mass is 258 g/mol. The Morgan fingerprint density at radius 3 is 2.56 bits per heavy atom. The van der Waals surface area contributed by atoms with Crippen LogP contribution in [0, 0.1) is 0 Å². The smallest absolute Gasteiger partial charge is 0.0407 e. The number of fused-ring (bicyclic) bond motifs is 1. The highest BCUT2D eigenvalue weighted by Crippen LogP contribution is 2.23. The summed E-state index contributed by atoms with van der Waals surface area (Å²) in [6.07, 6.45) is 1.12. The van der Waals surface area contributed by atoms with E-state index in [2.05, 4.69) is 28.8 Å². The van der Waals surface area contributed by atoms with Crippen LogP contribution in [0.1, 0.15) is 11.1 Å². The molecule has 0 amide bonds. The van der Waals surface area contributed by atoms with Crippen LogP contribution in [0.4, 0.5) is 11.4 Å². The van der Waals surface area contributed by atoms with Gasteiger partial charge in [-0.15, -0.1) is 0 Å². The second-order valence-electron chi connectivity index (χ2n) is 4.54. The standard InChI is InChI=1S/C15H15ClN2/c16-13-2-5-14(6-3-13)18-15-4-1-11-7-8-17-10-12(11)9-15/h1-6,9,17-18H,7-8,10H2. The number of nitrogens with one attached hydrogen (secondary N) is 2. The first-order valence-corrected chi connectivity index (χ1v) is 6.54. The van der Waals surface area contributed by atoms with Gasteiger partial charge in [0.1, 0.15) is 0 Å². The number of halogens is 1. The van der Waals surface area contributed by atoms with Crippen LogP contribution in [-0.2, 0) is 13.0 Å². The average molecular weight is 259 g/mol. The van der Waals surface area contributed by atoms with Crippen molar-refractivity contribution in [3.8, 4) is 0 Å². The Hall–Kier alpha value is -1.51. The molecule has 18 heavy (non-hydrogen) atoms. The summed E-state index contributed by atoms with van der Waals surface area (Å²) in [5.74, 6) is 0. The molecule has 1 aliphatic rings. The molecule has 3 heteroatoms. The van der Waals surface area contributed by atoms with Crippen LogP contribution in [0.25, 0.3) is 0 Å². The van der Waals surface area contributed by atoms with Crippen LogP contribution >= 0.6 is 11.6 Å².